The molecule has 3 rings (SSSR count). The van der Waals surface area contributed by atoms with Crippen molar-refractivity contribution in [2.45, 2.75) is 70.0 Å². The Hall–Kier alpha value is -3.20. The first-order valence-electron chi connectivity index (χ1n) is 11.8. The number of hydrogen-bond donors (Lipinski definition) is 1. The lowest BCUT2D eigenvalue weighted by Gasteiger charge is -2.33. The van der Waals surface area contributed by atoms with E-state index in [0.717, 1.165) is 9.87 Å². The van der Waals surface area contributed by atoms with Crippen molar-refractivity contribution in [2.24, 2.45) is 0 Å². The van der Waals surface area contributed by atoms with Crippen molar-refractivity contribution >= 4 is 27.7 Å². The molecule has 1 atom stereocenters. The second-order valence-corrected chi connectivity index (χ2v) is 11.5. The van der Waals surface area contributed by atoms with E-state index in [2.05, 4.69) is 5.32 Å². The first-order chi connectivity index (χ1) is 16.5. The molecule has 188 valence electrons. The maximum Gasteiger partial charge on any atom is 0.269 e. The van der Waals surface area contributed by atoms with E-state index in [1.165, 1.54) is 12.1 Å². The summed E-state index contributed by atoms with van der Waals surface area (Å²) in [6.07, 6.45) is 0.580. The molecule has 0 fully saturated rings. The first kappa shape index (κ1) is 26.4. The fraction of sp³-hybridized carbons (Fsp3) is 0.423. The number of rotatable bonds is 9. The highest BCUT2D eigenvalue weighted by Gasteiger charge is 2.40. The van der Waals surface area contributed by atoms with E-state index in [9.17, 15) is 22.8 Å². The summed E-state index contributed by atoms with van der Waals surface area (Å²) in [6, 6.07) is 14.8. The molecule has 2 aromatic carbocycles. The molecule has 2 aromatic rings. The van der Waals surface area contributed by atoms with Crippen molar-refractivity contribution in [3.8, 4) is 0 Å². The fourth-order valence-electron chi connectivity index (χ4n) is 4.12. The van der Waals surface area contributed by atoms with Crippen molar-refractivity contribution in [1.82, 2.24) is 14.5 Å². The van der Waals surface area contributed by atoms with E-state index in [4.69, 9.17) is 0 Å². The van der Waals surface area contributed by atoms with Crippen LogP contribution >= 0.6 is 0 Å². The maximum atomic E-state index is 13.3. The Morgan fingerprint density at radius 1 is 1.03 bits per heavy atom. The van der Waals surface area contributed by atoms with E-state index in [1.807, 2.05) is 58.0 Å². The quantitative estimate of drug-likeness (QED) is 0.570. The van der Waals surface area contributed by atoms with Crippen LogP contribution in [0.3, 0.4) is 0 Å². The molecule has 1 heterocycles. The van der Waals surface area contributed by atoms with E-state index in [1.54, 1.807) is 17.0 Å². The van der Waals surface area contributed by atoms with Gasteiger partial charge in [-0.1, -0.05) is 49.4 Å². The third kappa shape index (κ3) is 6.08. The van der Waals surface area contributed by atoms with Gasteiger partial charge in [-0.05, 0) is 51.3 Å². The van der Waals surface area contributed by atoms with Crippen molar-refractivity contribution in [1.29, 1.82) is 0 Å². The maximum absolute atomic E-state index is 13.3. The molecule has 0 aliphatic carbocycles. The fourth-order valence-corrected chi connectivity index (χ4v) is 5.73. The van der Waals surface area contributed by atoms with Crippen LogP contribution in [0.2, 0.25) is 0 Å². The van der Waals surface area contributed by atoms with Gasteiger partial charge >= 0.3 is 0 Å². The number of hydrogen-bond acceptors (Lipinski definition) is 5. The molecule has 1 N–H and O–H groups in total. The molecule has 9 heteroatoms. The minimum atomic E-state index is -3.92. The normalized spacial score (nSPS) is 15.4. The molecule has 35 heavy (non-hydrogen) atoms. The average Bonchev–Trinajstić information content (AvgIpc) is 2.99. The van der Waals surface area contributed by atoms with Crippen LogP contribution in [0.1, 0.15) is 62.9 Å². The molecule has 8 nitrogen and oxygen atoms in total. The Morgan fingerprint density at radius 2 is 1.66 bits per heavy atom. The molecule has 0 saturated carbocycles. The van der Waals surface area contributed by atoms with Gasteiger partial charge in [-0.2, -0.15) is 0 Å². The van der Waals surface area contributed by atoms with E-state index in [0.29, 0.717) is 6.42 Å². The zero-order chi connectivity index (χ0) is 25.8. The molecular weight excluding hydrogens is 466 g/mol. The number of nitrogens with zero attached hydrogens (tertiary/aromatic N) is 2. The molecule has 0 unspecified atom stereocenters. The Balaban J connectivity index is 1.74. The summed E-state index contributed by atoms with van der Waals surface area (Å²) in [6.45, 7) is 7.64. The third-order valence-corrected chi connectivity index (χ3v) is 7.58. The summed E-state index contributed by atoms with van der Waals surface area (Å²) < 4.78 is 26.4. The average molecular weight is 500 g/mol. The SMILES string of the molecule is CC[C@H](C(=O)NC(C)(C)C)N(Cc1ccccc1)C(=O)CCCN1C(=O)c2ccccc2S1(=O)=O. The highest BCUT2D eigenvalue weighted by Crippen LogP contribution is 2.30. The second kappa shape index (κ2) is 10.6. The highest BCUT2D eigenvalue weighted by molar-refractivity contribution is 7.90. The standard InChI is InChI=1S/C26H33N3O5S/c1-5-21(24(31)27-26(2,3)4)28(18-19-12-7-6-8-13-19)23(30)16-11-17-29-25(32)20-14-9-10-15-22(20)35(29,33)34/h6-10,12-15,21H,5,11,16-18H2,1-4H3,(H,27,31)/t21-/m1/s1. The number of nitrogens with one attached hydrogen (secondary N) is 1. The molecule has 1 aliphatic rings. The first-order valence-corrected chi connectivity index (χ1v) is 13.2. The smallest absolute Gasteiger partial charge is 0.269 e. The number of fused-ring (bicyclic) bond motifs is 1. The van der Waals surface area contributed by atoms with Gasteiger partial charge in [0.25, 0.3) is 15.9 Å². The van der Waals surface area contributed by atoms with Crippen molar-refractivity contribution in [3.05, 3.63) is 65.7 Å². The monoisotopic (exact) mass is 499 g/mol. The number of benzene rings is 2. The van der Waals surface area contributed by atoms with E-state index in [-0.39, 0.29) is 48.2 Å². The lowest BCUT2D eigenvalue weighted by Crippen LogP contribution is -2.53. The summed E-state index contributed by atoms with van der Waals surface area (Å²) in [5, 5.41) is 2.95. The largest absolute Gasteiger partial charge is 0.350 e. The van der Waals surface area contributed by atoms with Gasteiger partial charge in [0.1, 0.15) is 10.9 Å². The van der Waals surface area contributed by atoms with E-state index >= 15 is 0 Å². The summed E-state index contributed by atoms with van der Waals surface area (Å²) in [5.41, 5.74) is 0.580. The van der Waals surface area contributed by atoms with Crippen LogP contribution in [-0.2, 0) is 26.2 Å². The second-order valence-electron chi connectivity index (χ2n) is 9.65. The molecule has 0 aromatic heterocycles. The lowest BCUT2D eigenvalue weighted by atomic mass is 10.0. The van der Waals surface area contributed by atoms with Crippen LogP contribution in [0.4, 0.5) is 0 Å². The van der Waals surface area contributed by atoms with Crippen LogP contribution in [0.25, 0.3) is 0 Å². The summed E-state index contributed by atoms with van der Waals surface area (Å²) in [4.78, 5) is 40.5. The number of carbonyl (C=O) groups excluding carboxylic acids is 3. The van der Waals surface area contributed by atoms with Gasteiger partial charge in [0, 0.05) is 25.0 Å². The Bertz CT molecular complexity index is 1190. The van der Waals surface area contributed by atoms with Gasteiger partial charge in [0.15, 0.2) is 0 Å². The molecule has 0 bridgehead atoms. The zero-order valence-corrected chi connectivity index (χ0v) is 21.5. The number of carbonyl (C=O) groups is 3. The predicted octanol–water partition coefficient (Wildman–Crippen LogP) is 3.33. The van der Waals surface area contributed by atoms with Gasteiger partial charge in [-0.15, -0.1) is 0 Å². The Labute approximate surface area is 207 Å². The molecule has 0 saturated heterocycles. The predicted molar refractivity (Wildman–Crippen MR) is 133 cm³/mol. The highest BCUT2D eigenvalue weighted by atomic mass is 32.2. The third-order valence-electron chi connectivity index (χ3n) is 5.74. The van der Waals surface area contributed by atoms with Crippen LogP contribution < -0.4 is 5.32 Å². The molecule has 0 spiro atoms. The number of amides is 3. The van der Waals surface area contributed by atoms with Crippen LogP contribution in [0, 0.1) is 0 Å². The van der Waals surface area contributed by atoms with Gasteiger partial charge in [0.2, 0.25) is 11.8 Å². The van der Waals surface area contributed by atoms with Gasteiger partial charge in [0.05, 0.1) is 5.56 Å². The Morgan fingerprint density at radius 3 is 2.26 bits per heavy atom. The van der Waals surface area contributed by atoms with Crippen LogP contribution in [0.5, 0.6) is 0 Å². The molecule has 0 radical (unpaired) electrons. The minimum Gasteiger partial charge on any atom is -0.350 e. The van der Waals surface area contributed by atoms with Crippen molar-refractivity contribution in [3.63, 3.8) is 0 Å². The van der Waals surface area contributed by atoms with Gasteiger partial charge in [-0.25, -0.2) is 12.7 Å². The summed E-state index contributed by atoms with van der Waals surface area (Å²) in [7, 11) is -3.92. The summed E-state index contributed by atoms with van der Waals surface area (Å²) in [5.74, 6) is -1.09. The topological polar surface area (TPSA) is 104 Å². The molecular formula is C26H33N3O5S. The van der Waals surface area contributed by atoms with Crippen molar-refractivity contribution < 1.29 is 22.8 Å². The molecule has 1 aliphatic heterocycles. The zero-order valence-electron chi connectivity index (χ0n) is 20.7. The molecule has 3 amide bonds. The van der Waals surface area contributed by atoms with Crippen LogP contribution in [0.15, 0.2) is 59.5 Å². The summed E-state index contributed by atoms with van der Waals surface area (Å²) >= 11 is 0. The van der Waals surface area contributed by atoms with Crippen LogP contribution in [-0.4, -0.2) is 53.5 Å². The van der Waals surface area contributed by atoms with Gasteiger partial charge < -0.3 is 10.2 Å². The minimum absolute atomic E-state index is 0.00176. The van der Waals surface area contributed by atoms with Gasteiger partial charge in [-0.3, -0.25) is 14.4 Å². The van der Waals surface area contributed by atoms with Crippen molar-refractivity contribution in [2.75, 3.05) is 6.54 Å². The lowest BCUT2D eigenvalue weighted by molar-refractivity contribution is -0.142. The van der Waals surface area contributed by atoms with E-state index < -0.39 is 27.5 Å². The number of sulfonamides is 1. The Kier molecular flexibility index (Phi) is 8.00.